The summed E-state index contributed by atoms with van der Waals surface area (Å²) in [5.74, 6) is -2.01. The van der Waals surface area contributed by atoms with Crippen LogP contribution in [0.4, 0.5) is 0 Å². The highest BCUT2D eigenvalue weighted by Crippen LogP contribution is 2.30. The summed E-state index contributed by atoms with van der Waals surface area (Å²) in [4.78, 5) is 36.9. The summed E-state index contributed by atoms with van der Waals surface area (Å²) in [7, 11) is -3.93. The number of aliphatic carboxylic acids is 1. The van der Waals surface area contributed by atoms with Crippen molar-refractivity contribution in [2.75, 3.05) is 19.6 Å². The Morgan fingerprint density at radius 3 is 2.63 bits per heavy atom. The lowest BCUT2D eigenvalue weighted by molar-refractivity contribution is -0.141. The van der Waals surface area contributed by atoms with Gasteiger partial charge in [-0.2, -0.15) is 4.31 Å². The van der Waals surface area contributed by atoms with E-state index < -0.39 is 27.9 Å². The molecule has 0 radical (unpaired) electrons. The highest BCUT2D eigenvalue weighted by molar-refractivity contribution is 7.89. The molecule has 0 aromatic heterocycles. The number of benzene rings is 1. The Morgan fingerprint density at radius 1 is 1.33 bits per heavy atom. The molecule has 2 amide bonds. The van der Waals surface area contributed by atoms with Crippen molar-refractivity contribution in [1.82, 2.24) is 14.5 Å². The van der Waals surface area contributed by atoms with Crippen LogP contribution < -0.4 is 5.32 Å². The lowest BCUT2D eigenvalue weighted by Gasteiger charge is -2.27. The van der Waals surface area contributed by atoms with E-state index in [1.165, 1.54) is 36.1 Å². The summed E-state index contributed by atoms with van der Waals surface area (Å²) < 4.78 is 26.6. The molecule has 1 unspecified atom stereocenters. The minimum atomic E-state index is -3.93. The van der Waals surface area contributed by atoms with E-state index >= 15 is 0 Å². The van der Waals surface area contributed by atoms with Gasteiger partial charge in [-0.3, -0.25) is 9.59 Å². The summed E-state index contributed by atoms with van der Waals surface area (Å²) in [6.45, 7) is 1.54. The van der Waals surface area contributed by atoms with Crippen molar-refractivity contribution in [1.29, 1.82) is 0 Å². The molecule has 3 rings (SSSR count). The smallest absolute Gasteiger partial charge is 0.326 e. The highest BCUT2D eigenvalue weighted by atomic mass is 32.2. The zero-order valence-electron chi connectivity index (χ0n) is 14.8. The maximum Gasteiger partial charge on any atom is 0.326 e. The largest absolute Gasteiger partial charge is 0.480 e. The van der Waals surface area contributed by atoms with Crippen LogP contribution in [-0.4, -0.2) is 72.2 Å². The Morgan fingerprint density at radius 2 is 2.04 bits per heavy atom. The Kier molecular flexibility index (Phi) is 5.20. The number of carbonyl (C=O) groups excluding carboxylic acids is 2. The van der Waals surface area contributed by atoms with Crippen molar-refractivity contribution in [3.05, 3.63) is 29.8 Å². The van der Waals surface area contributed by atoms with Crippen LogP contribution in [0.25, 0.3) is 0 Å². The van der Waals surface area contributed by atoms with Gasteiger partial charge in [-0.25, -0.2) is 13.2 Å². The average molecular weight is 395 g/mol. The molecule has 1 atom stereocenters. The highest BCUT2D eigenvalue weighted by Gasteiger charge is 2.39. The first-order valence-electron chi connectivity index (χ1n) is 8.64. The van der Waals surface area contributed by atoms with Crippen molar-refractivity contribution in [3.8, 4) is 0 Å². The number of sulfonamides is 1. The zero-order chi connectivity index (χ0) is 19.8. The van der Waals surface area contributed by atoms with Crippen molar-refractivity contribution in [2.45, 2.75) is 36.7 Å². The van der Waals surface area contributed by atoms with Gasteiger partial charge in [0.15, 0.2) is 0 Å². The van der Waals surface area contributed by atoms with Gasteiger partial charge in [0.1, 0.15) is 6.04 Å². The van der Waals surface area contributed by atoms with Gasteiger partial charge in [-0.05, 0) is 38.0 Å². The third-order valence-corrected chi connectivity index (χ3v) is 6.51. The number of nitrogens with one attached hydrogen (secondary N) is 1. The first kappa shape index (κ1) is 19.3. The standard InChI is InChI=1S/C17H21N3O6S/c1-11(17(23)24)20(13-5-6-13)16(22)12-3-2-4-14(9-12)27(25,26)19-8-7-18-15(21)10-19/h2-4,9,11,13H,5-8,10H2,1H3,(H,18,21)(H,23,24). The van der Waals surface area contributed by atoms with Gasteiger partial charge in [0.05, 0.1) is 11.4 Å². The van der Waals surface area contributed by atoms with E-state index in [1.54, 1.807) is 0 Å². The van der Waals surface area contributed by atoms with Crippen LogP contribution in [0.15, 0.2) is 29.2 Å². The molecule has 1 aliphatic carbocycles. The molecule has 1 heterocycles. The Balaban J connectivity index is 1.89. The Hall–Kier alpha value is -2.46. The SMILES string of the molecule is CC(C(=O)O)N(C(=O)c1cccc(S(=O)(=O)N2CCNC(=O)C2)c1)C1CC1. The molecule has 2 N–H and O–H groups in total. The van der Waals surface area contributed by atoms with Crippen LogP contribution in [0.2, 0.25) is 0 Å². The minimum Gasteiger partial charge on any atom is -0.480 e. The van der Waals surface area contributed by atoms with E-state index in [2.05, 4.69) is 5.32 Å². The molecule has 27 heavy (non-hydrogen) atoms. The summed E-state index contributed by atoms with van der Waals surface area (Å²) in [5, 5.41) is 11.8. The van der Waals surface area contributed by atoms with E-state index in [9.17, 15) is 27.9 Å². The summed E-state index contributed by atoms with van der Waals surface area (Å²) in [6.07, 6.45) is 1.45. The van der Waals surface area contributed by atoms with Gasteiger partial charge in [-0.1, -0.05) is 6.07 Å². The molecule has 0 spiro atoms. The predicted octanol–water partition coefficient (Wildman–Crippen LogP) is -0.115. The molecule has 10 heteroatoms. The Labute approximate surface area is 157 Å². The van der Waals surface area contributed by atoms with Gasteiger partial charge < -0.3 is 15.3 Å². The van der Waals surface area contributed by atoms with Crippen LogP contribution in [0.3, 0.4) is 0 Å². The van der Waals surface area contributed by atoms with E-state index in [4.69, 9.17) is 0 Å². The van der Waals surface area contributed by atoms with Gasteiger partial charge in [0.25, 0.3) is 5.91 Å². The third-order valence-electron chi connectivity index (χ3n) is 4.67. The average Bonchev–Trinajstić information content (AvgIpc) is 3.46. The second-order valence-electron chi connectivity index (χ2n) is 6.67. The van der Waals surface area contributed by atoms with E-state index in [1.807, 2.05) is 0 Å². The first-order chi connectivity index (χ1) is 12.7. The fourth-order valence-electron chi connectivity index (χ4n) is 3.04. The summed E-state index contributed by atoms with van der Waals surface area (Å²) in [6, 6.07) is 4.37. The molecule has 2 aliphatic rings. The predicted molar refractivity (Wildman–Crippen MR) is 94.5 cm³/mol. The lowest BCUT2D eigenvalue weighted by Crippen LogP contribution is -2.49. The van der Waals surface area contributed by atoms with Crippen LogP contribution in [-0.2, 0) is 19.6 Å². The number of rotatable bonds is 6. The molecular formula is C17H21N3O6S. The van der Waals surface area contributed by atoms with Gasteiger partial charge in [0.2, 0.25) is 15.9 Å². The number of hydrogen-bond acceptors (Lipinski definition) is 5. The summed E-state index contributed by atoms with van der Waals surface area (Å²) >= 11 is 0. The maximum atomic E-state index is 12.9. The number of nitrogens with zero attached hydrogens (tertiary/aromatic N) is 2. The van der Waals surface area contributed by atoms with E-state index in [-0.39, 0.29) is 42.0 Å². The van der Waals surface area contributed by atoms with Crippen molar-refractivity contribution >= 4 is 27.8 Å². The van der Waals surface area contributed by atoms with Gasteiger partial charge in [-0.15, -0.1) is 0 Å². The topological polar surface area (TPSA) is 124 Å². The van der Waals surface area contributed by atoms with Crippen LogP contribution in [0.5, 0.6) is 0 Å². The quantitative estimate of drug-likeness (QED) is 0.692. The Bertz CT molecular complexity index is 880. The molecule has 1 saturated heterocycles. The van der Waals surface area contributed by atoms with Crippen LogP contribution in [0, 0.1) is 0 Å². The fourth-order valence-corrected chi connectivity index (χ4v) is 4.48. The van der Waals surface area contributed by atoms with Crippen LogP contribution >= 0.6 is 0 Å². The number of carbonyl (C=O) groups is 3. The second-order valence-corrected chi connectivity index (χ2v) is 8.61. The number of piperazine rings is 1. The lowest BCUT2D eigenvalue weighted by atomic mass is 10.1. The number of carboxylic acid groups (broad SMARTS) is 1. The molecule has 1 saturated carbocycles. The van der Waals surface area contributed by atoms with Crippen molar-refractivity contribution < 1.29 is 27.9 Å². The molecule has 9 nitrogen and oxygen atoms in total. The molecule has 1 aromatic rings. The van der Waals surface area contributed by atoms with E-state index in [0.717, 1.165) is 17.1 Å². The number of hydrogen-bond donors (Lipinski definition) is 2. The maximum absolute atomic E-state index is 12.9. The monoisotopic (exact) mass is 395 g/mol. The zero-order valence-corrected chi connectivity index (χ0v) is 15.6. The molecule has 2 fully saturated rings. The minimum absolute atomic E-state index is 0.0956. The number of carboxylic acids is 1. The number of amides is 2. The molecule has 146 valence electrons. The van der Waals surface area contributed by atoms with Gasteiger partial charge >= 0.3 is 5.97 Å². The van der Waals surface area contributed by atoms with Crippen molar-refractivity contribution in [2.24, 2.45) is 0 Å². The molecular weight excluding hydrogens is 374 g/mol. The second kappa shape index (κ2) is 7.28. The summed E-state index contributed by atoms with van der Waals surface area (Å²) in [5.41, 5.74) is 0.109. The van der Waals surface area contributed by atoms with Crippen molar-refractivity contribution in [3.63, 3.8) is 0 Å². The van der Waals surface area contributed by atoms with E-state index in [0.29, 0.717) is 0 Å². The first-order valence-corrected chi connectivity index (χ1v) is 10.1. The normalized spacial score (nSPS) is 19.2. The molecule has 1 aromatic carbocycles. The molecule has 0 bridgehead atoms. The fraction of sp³-hybridized carbons (Fsp3) is 0.471. The third kappa shape index (κ3) is 3.96. The molecule has 1 aliphatic heterocycles. The van der Waals surface area contributed by atoms with Crippen LogP contribution in [0.1, 0.15) is 30.1 Å². The van der Waals surface area contributed by atoms with Gasteiger partial charge in [0, 0.05) is 24.7 Å².